The summed E-state index contributed by atoms with van der Waals surface area (Å²) in [6.45, 7) is 3.59. The summed E-state index contributed by atoms with van der Waals surface area (Å²) in [7, 11) is 3.05. The smallest absolute Gasteiger partial charge is 0.323 e. The van der Waals surface area contributed by atoms with Crippen LogP contribution in [0.25, 0.3) is 32.9 Å². The molecule has 3 saturated heterocycles. The number of piperidine rings is 2. The lowest BCUT2D eigenvalue weighted by atomic mass is 9.94. The van der Waals surface area contributed by atoms with Crippen molar-refractivity contribution in [2.45, 2.75) is 70.1 Å². The SMILES string of the molecule is CCc1c(F)ccc2cc(O)cc(-c3ncc4c(N5CCCn6nc(C(=O)N(C)C)c(F)c6C5)nc(OC5[C@@]67CCC[N@@+]56C[C@H](F)C7)nc4c3F)c12. The number of halogens is 4. The largest absolute Gasteiger partial charge is 0.508 e. The minimum Gasteiger partial charge on any atom is -0.508 e. The first kappa shape index (κ1) is 32.8. The molecule has 0 bridgehead atoms. The molecule has 4 aliphatic heterocycles. The molecule has 270 valence electrons. The Morgan fingerprint density at radius 1 is 1.13 bits per heavy atom. The first-order valence-electron chi connectivity index (χ1n) is 17.7. The van der Waals surface area contributed by atoms with Gasteiger partial charge in [0.2, 0.25) is 0 Å². The van der Waals surface area contributed by atoms with Gasteiger partial charge in [0.05, 0.1) is 24.2 Å². The fourth-order valence-corrected chi connectivity index (χ4v) is 9.38. The van der Waals surface area contributed by atoms with E-state index in [2.05, 4.69) is 15.1 Å². The van der Waals surface area contributed by atoms with E-state index in [-0.39, 0.29) is 69.4 Å². The molecule has 4 atom stereocenters. The van der Waals surface area contributed by atoms with Crippen LogP contribution >= 0.6 is 0 Å². The van der Waals surface area contributed by atoms with Crippen LogP contribution in [-0.2, 0) is 19.5 Å². The lowest BCUT2D eigenvalue weighted by Gasteiger charge is -2.24. The van der Waals surface area contributed by atoms with Crippen LogP contribution in [-0.4, -0.2) is 96.8 Å². The van der Waals surface area contributed by atoms with Crippen LogP contribution in [0.5, 0.6) is 11.8 Å². The van der Waals surface area contributed by atoms with E-state index >= 15 is 13.2 Å². The number of alkyl halides is 1. The van der Waals surface area contributed by atoms with Crippen molar-refractivity contribution in [2.75, 3.05) is 38.6 Å². The predicted octanol–water partition coefficient (Wildman–Crippen LogP) is 5.65. The fraction of sp³-hybridized carbons (Fsp3) is 0.432. The van der Waals surface area contributed by atoms with Gasteiger partial charge in [0.15, 0.2) is 29.0 Å². The molecule has 1 unspecified atom stereocenters. The van der Waals surface area contributed by atoms with E-state index in [0.717, 1.165) is 19.4 Å². The Balaban J connectivity index is 1.20. The molecule has 9 rings (SSSR count). The van der Waals surface area contributed by atoms with E-state index in [0.29, 0.717) is 59.7 Å². The van der Waals surface area contributed by atoms with E-state index < -0.39 is 29.5 Å². The van der Waals surface area contributed by atoms with Crippen molar-refractivity contribution in [1.29, 1.82) is 0 Å². The quantitative estimate of drug-likeness (QED) is 0.137. The molecule has 0 spiro atoms. The highest BCUT2D eigenvalue weighted by molar-refractivity contribution is 6.02. The van der Waals surface area contributed by atoms with Gasteiger partial charge in [-0.05, 0) is 47.4 Å². The number of hydrogen-bond acceptors (Lipinski definition) is 8. The lowest BCUT2D eigenvalue weighted by Crippen LogP contribution is -2.34. The number of aromatic hydroxyl groups is 1. The summed E-state index contributed by atoms with van der Waals surface area (Å²) in [5.74, 6) is -2.49. The molecule has 0 radical (unpaired) electrons. The number of aryl methyl sites for hydroxylation is 2. The van der Waals surface area contributed by atoms with Crippen molar-refractivity contribution in [3.05, 3.63) is 64.9 Å². The summed E-state index contributed by atoms with van der Waals surface area (Å²) in [6, 6.07) is 5.60. The molecule has 5 aromatic rings. The Morgan fingerprint density at radius 3 is 2.73 bits per heavy atom. The summed E-state index contributed by atoms with van der Waals surface area (Å²) in [6.07, 6.45) is 3.09. The number of pyridine rings is 1. The average Bonchev–Trinajstić information content (AvgIpc) is 3.29. The van der Waals surface area contributed by atoms with E-state index in [1.54, 1.807) is 11.8 Å². The van der Waals surface area contributed by atoms with Gasteiger partial charge in [-0.3, -0.25) is 18.9 Å². The summed E-state index contributed by atoms with van der Waals surface area (Å²) in [4.78, 5) is 29.7. The maximum atomic E-state index is 17.1. The topological polar surface area (TPSA) is 110 Å². The monoisotopic (exact) mass is 717 g/mol. The normalized spacial score (nSPS) is 24.9. The van der Waals surface area contributed by atoms with Crippen LogP contribution in [0.3, 0.4) is 0 Å². The maximum Gasteiger partial charge on any atom is 0.323 e. The van der Waals surface area contributed by atoms with Crippen molar-refractivity contribution in [3.8, 4) is 23.0 Å². The number of aromatic nitrogens is 5. The van der Waals surface area contributed by atoms with Crippen molar-refractivity contribution in [1.82, 2.24) is 29.6 Å². The Bertz CT molecular complexity index is 2310. The van der Waals surface area contributed by atoms with Gasteiger partial charge < -0.3 is 19.6 Å². The highest BCUT2D eigenvalue weighted by Crippen LogP contribution is 2.65. The van der Waals surface area contributed by atoms with Crippen molar-refractivity contribution in [3.63, 3.8) is 0 Å². The fourth-order valence-electron chi connectivity index (χ4n) is 9.38. The molecule has 3 aromatic heterocycles. The first-order valence-corrected chi connectivity index (χ1v) is 17.7. The molecule has 1 amide bonds. The average molecular weight is 718 g/mol. The zero-order valence-electron chi connectivity index (χ0n) is 29.0. The Morgan fingerprint density at radius 2 is 1.96 bits per heavy atom. The van der Waals surface area contributed by atoms with Crippen LogP contribution < -0.4 is 9.64 Å². The molecule has 4 aliphatic rings. The standard InChI is InChI=1S/C37H36F4N8O3/c1-4-22-25(39)8-7-19-13-21(50)14-23(27(19)22)30-29(41)31-24(16-42-30)33(44-36(43-31)52-35-37-9-5-12-49(35,37)18-20(38)15-37)47-10-6-11-48-26(17-47)28(40)32(45-48)34(51)46(2)3/h7-8,13-14,16,20,35H,4-6,9-12,15,17-18H2,1-3H3/p+1/t20-,35?,37+,49-/m1/s1. The second kappa shape index (κ2) is 11.5. The number of rotatable bonds is 6. The van der Waals surface area contributed by atoms with E-state index in [1.807, 2.05) is 0 Å². The molecule has 15 heteroatoms. The van der Waals surface area contributed by atoms with Gasteiger partial charge in [0, 0.05) is 58.2 Å². The first-order chi connectivity index (χ1) is 25.0. The summed E-state index contributed by atoms with van der Waals surface area (Å²) >= 11 is 0. The minimum atomic E-state index is -0.921. The number of benzene rings is 2. The third-order valence-electron chi connectivity index (χ3n) is 11.7. The summed E-state index contributed by atoms with van der Waals surface area (Å²) < 4.78 is 71.2. The maximum absolute atomic E-state index is 17.1. The molecule has 7 heterocycles. The van der Waals surface area contributed by atoms with Crippen molar-refractivity contribution < 1.29 is 36.7 Å². The van der Waals surface area contributed by atoms with Crippen molar-refractivity contribution in [2.24, 2.45) is 0 Å². The lowest BCUT2D eigenvalue weighted by molar-refractivity contribution is -0.831. The Labute approximate surface area is 296 Å². The number of phenolic OH excluding ortho intramolecular Hbond substituents is 1. The molecular formula is C37H37F4N8O3+. The number of hydrogen-bond donors (Lipinski definition) is 1. The van der Waals surface area contributed by atoms with E-state index in [1.165, 1.54) is 54.1 Å². The van der Waals surface area contributed by atoms with Gasteiger partial charge >= 0.3 is 6.01 Å². The molecule has 1 N–H and O–H groups in total. The number of fused-ring (bicyclic) bond motifs is 3. The van der Waals surface area contributed by atoms with Gasteiger partial charge in [0.25, 0.3) is 12.1 Å². The third-order valence-corrected chi connectivity index (χ3v) is 11.7. The van der Waals surface area contributed by atoms with Gasteiger partial charge in [0.1, 0.15) is 35.1 Å². The zero-order valence-corrected chi connectivity index (χ0v) is 29.0. The van der Waals surface area contributed by atoms with Crippen LogP contribution in [0.15, 0.2) is 30.5 Å². The van der Waals surface area contributed by atoms with Crippen LogP contribution in [0, 0.1) is 17.5 Å². The van der Waals surface area contributed by atoms with Crippen LogP contribution in [0.2, 0.25) is 0 Å². The Kier molecular flexibility index (Phi) is 7.24. The molecule has 11 nitrogen and oxygen atoms in total. The van der Waals surface area contributed by atoms with E-state index in [9.17, 15) is 14.3 Å². The summed E-state index contributed by atoms with van der Waals surface area (Å²) in [5, 5.41) is 16.1. The molecule has 2 aromatic carbocycles. The molecular weight excluding hydrogens is 680 g/mol. The third kappa shape index (κ3) is 4.56. The van der Waals surface area contributed by atoms with Crippen LogP contribution in [0.1, 0.15) is 54.4 Å². The highest BCUT2D eigenvalue weighted by Gasteiger charge is 2.87. The van der Waals surface area contributed by atoms with Crippen LogP contribution in [0.4, 0.5) is 23.4 Å². The Hall–Kier alpha value is -5.05. The molecule has 52 heavy (non-hydrogen) atoms. The van der Waals surface area contributed by atoms with E-state index in [4.69, 9.17) is 9.72 Å². The number of amides is 1. The number of nitrogens with zero attached hydrogens (tertiary/aromatic N) is 8. The predicted molar refractivity (Wildman–Crippen MR) is 183 cm³/mol. The number of quaternary nitrogens is 1. The van der Waals surface area contributed by atoms with Gasteiger partial charge in [-0.25, -0.2) is 17.6 Å². The highest BCUT2D eigenvalue weighted by atomic mass is 19.1. The van der Waals surface area contributed by atoms with Gasteiger partial charge in [-0.1, -0.05) is 13.0 Å². The number of ether oxygens (including phenoxy) is 1. The molecule has 3 fully saturated rings. The molecule has 0 aliphatic carbocycles. The second-order valence-corrected chi connectivity index (χ2v) is 14.7. The number of carbonyl (C=O) groups excluding carboxylic acids is 1. The van der Waals surface area contributed by atoms with Crippen molar-refractivity contribution >= 4 is 33.4 Å². The number of anilines is 1. The van der Waals surface area contributed by atoms with Gasteiger partial charge in [-0.15, -0.1) is 0 Å². The zero-order chi connectivity index (χ0) is 36.3. The van der Waals surface area contributed by atoms with Gasteiger partial charge in [-0.2, -0.15) is 15.1 Å². The summed E-state index contributed by atoms with van der Waals surface area (Å²) in [5.41, 5.74) is -0.200. The number of carbonyl (C=O) groups is 1. The molecule has 0 saturated carbocycles. The minimum absolute atomic E-state index is 0.0400. The second-order valence-electron chi connectivity index (χ2n) is 14.7. The number of phenols is 1.